The predicted molar refractivity (Wildman–Crippen MR) is 104 cm³/mol. The van der Waals surface area contributed by atoms with E-state index in [9.17, 15) is 20.0 Å². The van der Waals surface area contributed by atoms with Gasteiger partial charge in [-0.1, -0.05) is 12.1 Å². The van der Waals surface area contributed by atoms with E-state index in [-0.39, 0.29) is 16.9 Å². The van der Waals surface area contributed by atoms with Crippen molar-refractivity contribution in [1.82, 2.24) is 10.3 Å². The first kappa shape index (κ1) is 18.7. The van der Waals surface area contributed by atoms with Crippen molar-refractivity contribution in [3.63, 3.8) is 0 Å². The number of H-pyrrole nitrogens is 1. The van der Waals surface area contributed by atoms with Gasteiger partial charge in [0.15, 0.2) is 0 Å². The molecule has 0 spiro atoms. The van der Waals surface area contributed by atoms with E-state index in [1.165, 1.54) is 18.2 Å². The summed E-state index contributed by atoms with van der Waals surface area (Å²) < 4.78 is 0. The van der Waals surface area contributed by atoms with Crippen molar-refractivity contribution in [2.24, 2.45) is 0 Å². The first-order valence-corrected chi connectivity index (χ1v) is 8.50. The SMILES string of the molecule is N#CC(=Cc1c[nH]c2ccc(C(=O)O)cc12)C(=O)NCCc1ccc(O)cc1. The first-order valence-electron chi connectivity index (χ1n) is 8.50. The second-order valence-electron chi connectivity index (χ2n) is 6.15. The Kier molecular flexibility index (Phi) is 5.42. The molecule has 1 aromatic heterocycles. The molecule has 3 rings (SSSR count). The quantitative estimate of drug-likeness (QED) is 0.389. The Morgan fingerprint density at radius 3 is 2.61 bits per heavy atom. The van der Waals surface area contributed by atoms with Gasteiger partial charge < -0.3 is 20.5 Å². The maximum absolute atomic E-state index is 12.3. The summed E-state index contributed by atoms with van der Waals surface area (Å²) in [5, 5.41) is 31.1. The molecule has 2 aromatic carbocycles. The second-order valence-corrected chi connectivity index (χ2v) is 6.15. The van der Waals surface area contributed by atoms with Crippen LogP contribution < -0.4 is 5.32 Å². The van der Waals surface area contributed by atoms with Crippen LogP contribution in [-0.2, 0) is 11.2 Å². The summed E-state index contributed by atoms with van der Waals surface area (Å²) in [6.45, 7) is 0.333. The fourth-order valence-corrected chi connectivity index (χ4v) is 2.78. The first-order chi connectivity index (χ1) is 13.5. The lowest BCUT2D eigenvalue weighted by molar-refractivity contribution is -0.117. The van der Waals surface area contributed by atoms with E-state index in [4.69, 9.17) is 5.11 Å². The van der Waals surface area contributed by atoms with Gasteiger partial charge in [-0.2, -0.15) is 5.26 Å². The number of hydrogen-bond acceptors (Lipinski definition) is 4. The molecule has 0 aliphatic heterocycles. The van der Waals surface area contributed by atoms with Crippen LogP contribution in [0, 0.1) is 11.3 Å². The highest BCUT2D eigenvalue weighted by Gasteiger charge is 2.12. The predicted octanol–water partition coefficient (Wildman–Crippen LogP) is 2.84. The van der Waals surface area contributed by atoms with Crippen LogP contribution in [0.3, 0.4) is 0 Å². The van der Waals surface area contributed by atoms with Gasteiger partial charge in [-0.05, 0) is 48.4 Å². The molecule has 0 aliphatic rings. The number of carbonyl (C=O) groups is 2. The summed E-state index contributed by atoms with van der Waals surface area (Å²) >= 11 is 0. The van der Waals surface area contributed by atoms with Crippen molar-refractivity contribution in [1.29, 1.82) is 5.26 Å². The van der Waals surface area contributed by atoms with Crippen LogP contribution >= 0.6 is 0 Å². The van der Waals surface area contributed by atoms with Gasteiger partial charge in [0.1, 0.15) is 17.4 Å². The molecule has 4 N–H and O–H groups in total. The Balaban J connectivity index is 1.74. The van der Waals surface area contributed by atoms with Crippen LogP contribution in [0.15, 0.2) is 54.2 Å². The molecule has 1 amide bonds. The van der Waals surface area contributed by atoms with Gasteiger partial charge in [0.2, 0.25) is 0 Å². The number of nitriles is 1. The van der Waals surface area contributed by atoms with Crippen LogP contribution in [0.4, 0.5) is 0 Å². The monoisotopic (exact) mass is 375 g/mol. The zero-order chi connectivity index (χ0) is 20.1. The molecule has 140 valence electrons. The standard InChI is InChI=1S/C21H17N3O4/c22-11-15(20(26)23-8-7-13-1-4-17(25)5-2-13)9-16-12-24-19-6-3-14(21(27)28)10-18(16)19/h1-6,9-10,12,24-25H,7-8H2,(H,23,26)(H,27,28). The zero-order valence-electron chi connectivity index (χ0n) is 14.8. The van der Waals surface area contributed by atoms with E-state index in [2.05, 4.69) is 10.3 Å². The number of fused-ring (bicyclic) bond motifs is 1. The minimum atomic E-state index is -1.05. The number of phenols is 1. The molecule has 7 nitrogen and oxygen atoms in total. The van der Waals surface area contributed by atoms with E-state index in [1.54, 1.807) is 36.5 Å². The number of aromatic carboxylic acids is 1. The fourth-order valence-electron chi connectivity index (χ4n) is 2.78. The maximum Gasteiger partial charge on any atom is 0.335 e. The van der Waals surface area contributed by atoms with Gasteiger partial charge in [-0.15, -0.1) is 0 Å². The van der Waals surface area contributed by atoms with Crippen molar-refractivity contribution < 1.29 is 19.8 Å². The molecule has 1 heterocycles. The Hall–Kier alpha value is -4.05. The van der Waals surface area contributed by atoms with Crippen molar-refractivity contribution in [3.05, 3.63) is 70.9 Å². The number of rotatable bonds is 6. The largest absolute Gasteiger partial charge is 0.508 e. The number of phenolic OH excluding ortho intramolecular Hbond substituents is 1. The fraction of sp³-hybridized carbons (Fsp3) is 0.0952. The summed E-state index contributed by atoms with van der Waals surface area (Å²) in [7, 11) is 0. The molecule has 3 aromatic rings. The number of amides is 1. The Morgan fingerprint density at radius 2 is 1.93 bits per heavy atom. The number of aromatic amines is 1. The minimum Gasteiger partial charge on any atom is -0.508 e. The van der Waals surface area contributed by atoms with E-state index in [0.29, 0.717) is 29.4 Å². The number of aromatic hydroxyl groups is 1. The lowest BCUT2D eigenvalue weighted by Gasteiger charge is -2.05. The number of carboxylic acids is 1. The van der Waals surface area contributed by atoms with Gasteiger partial charge in [0, 0.05) is 29.2 Å². The van der Waals surface area contributed by atoms with Crippen LogP contribution in [0.5, 0.6) is 5.75 Å². The van der Waals surface area contributed by atoms with Crippen molar-refractivity contribution >= 4 is 28.9 Å². The molecule has 0 saturated carbocycles. The normalized spacial score (nSPS) is 11.2. The average molecular weight is 375 g/mol. The molecule has 0 radical (unpaired) electrons. The van der Waals surface area contributed by atoms with Crippen LogP contribution in [-0.4, -0.2) is 33.6 Å². The molecule has 0 unspecified atom stereocenters. The van der Waals surface area contributed by atoms with Crippen molar-refractivity contribution in [3.8, 4) is 11.8 Å². The van der Waals surface area contributed by atoms with E-state index in [0.717, 1.165) is 5.56 Å². The lowest BCUT2D eigenvalue weighted by atomic mass is 10.1. The van der Waals surface area contributed by atoms with Gasteiger partial charge in [-0.3, -0.25) is 4.79 Å². The van der Waals surface area contributed by atoms with E-state index < -0.39 is 11.9 Å². The Labute approximate surface area is 160 Å². The van der Waals surface area contributed by atoms with Crippen molar-refractivity contribution in [2.75, 3.05) is 6.54 Å². The number of nitrogens with one attached hydrogen (secondary N) is 2. The number of nitrogens with zero attached hydrogens (tertiary/aromatic N) is 1. The summed E-state index contributed by atoms with van der Waals surface area (Å²) in [4.78, 5) is 26.5. The van der Waals surface area contributed by atoms with Crippen LogP contribution in [0.2, 0.25) is 0 Å². The number of hydrogen-bond donors (Lipinski definition) is 4. The summed E-state index contributed by atoms with van der Waals surface area (Å²) in [6, 6.07) is 13.2. The highest BCUT2D eigenvalue weighted by molar-refractivity contribution is 6.04. The second kappa shape index (κ2) is 8.10. The Bertz CT molecular complexity index is 1100. The highest BCUT2D eigenvalue weighted by Crippen LogP contribution is 2.22. The van der Waals surface area contributed by atoms with Crippen LogP contribution in [0.25, 0.3) is 17.0 Å². The third-order valence-electron chi connectivity index (χ3n) is 4.26. The molecule has 0 aliphatic carbocycles. The molecular weight excluding hydrogens is 358 g/mol. The molecular formula is C21H17N3O4. The maximum atomic E-state index is 12.3. The van der Waals surface area contributed by atoms with Gasteiger partial charge in [-0.25, -0.2) is 4.79 Å². The molecule has 28 heavy (non-hydrogen) atoms. The number of benzene rings is 2. The lowest BCUT2D eigenvalue weighted by Crippen LogP contribution is -2.26. The number of carbonyl (C=O) groups excluding carboxylic acids is 1. The highest BCUT2D eigenvalue weighted by atomic mass is 16.4. The van der Waals surface area contributed by atoms with Gasteiger partial charge in [0.05, 0.1) is 5.56 Å². The molecule has 7 heteroatoms. The smallest absolute Gasteiger partial charge is 0.335 e. The zero-order valence-corrected chi connectivity index (χ0v) is 14.8. The minimum absolute atomic E-state index is 0.0765. The summed E-state index contributed by atoms with van der Waals surface area (Å²) in [5.41, 5.74) is 2.26. The number of aromatic nitrogens is 1. The van der Waals surface area contributed by atoms with Gasteiger partial charge >= 0.3 is 5.97 Å². The molecule has 0 fully saturated rings. The van der Waals surface area contributed by atoms with E-state index >= 15 is 0 Å². The average Bonchev–Trinajstić information content (AvgIpc) is 3.09. The van der Waals surface area contributed by atoms with Crippen LogP contribution in [0.1, 0.15) is 21.5 Å². The summed E-state index contributed by atoms with van der Waals surface area (Å²) in [6.07, 6.45) is 3.61. The number of carboxylic acid groups (broad SMARTS) is 1. The molecule has 0 bridgehead atoms. The Morgan fingerprint density at radius 1 is 1.18 bits per heavy atom. The van der Waals surface area contributed by atoms with E-state index in [1.807, 2.05) is 6.07 Å². The van der Waals surface area contributed by atoms with Crippen molar-refractivity contribution in [2.45, 2.75) is 6.42 Å². The molecule has 0 saturated heterocycles. The topological polar surface area (TPSA) is 126 Å². The third-order valence-corrected chi connectivity index (χ3v) is 4.26. The summed E-state index contributed by atoms with van der Waals surface area (Å²) in [5.74, 6) is -1.39. The molecule has 0 atom stereocenters. The third kappa shape index (κ3) is 4.19. The van der Waals surface area contributed by atoms with Gasteiger partial charge in [0.25, 0.3) is 5.91 Å².